The van der Waals surface area contributed by atoms with Gasteiger partial charge in [0.05, 0.1) is 17.3 Å². The molecule has 2 rings (SSSR count). The third-order valence-electron chi connectivity index (χ3n) is 4.19. The maximum absolute atomic E-state index is 8.74. The van der Waals surface area contributed by atoms with Crippen LogP contribution in [0.5, 0.6) is 5.75 Å². The molecule has 2 N–H and O–H groups in total. The third-order valence-corrected chi connectivity index (χ3v) is 4.52. The molecule has 1 heterocycles. The molecule has 2 aromatic rings. The van der Waals surface area contributed by atoms with Gasteiger partial charge in [0.2, 0.25) is 0 Å². The Morgan fingerprint density at radius 1 is 1.04 bits per heavy atom. The minimum absolute atomic E-state index is 0.316. The number of hydrogen-bond acceptors (Lipinski definition) is 4. The molecule has 5 heteroatoms. The molecule has 0 radical (unpaired) electrons. The van der Waals surface area contributed by atoms with E-state index in [0.29, 0.717) is 18.2 Å². The van der Waals surface area contributed by atoms with Crippen LogP contribution in [0.4, 0.5) is 0 Å². The summed E-state index contributed by atoms with van der Waals surface area (Å²) in [4.78, 5) is 4.73. The largest absolute Gasteiger partial charge is 0.492 e. The smallest absolute Gasteiger partial charge is 0.145 e. The van der Waals surface area contributed by atoms with Gasteiger partial charge in [0.15, 0.2) is 0 Å². The summed E-state index contributed by atoms with van der Waals surface area (Å²) in [5.74, 6) is 0.784. The van der Waals surface area contributed by atoms with Crippen molar-refractivity contribution in [3.8, 4) is 5.75 Å². The fourth-order valence-electron chi connectivity index (χ4n) is 2.85. The molecule has 0 spiro atoms. The maximum atomic E-state index is 8.74. The second kappa shape index (κ2) is 11.3. The normalized spacial score (nSPS) is 11.2. The van der Waals surface area contributed by atoms with Gasteiger partial charge in [-0.15, -0.1) is 0 Å². The second-order valence-corrected chi connectivity index (χ2v) is 6.61. The predicted molar refractivity (Wildman–Crippen MR) is 104 cm³/mol. The van der Waals surface area contributed by atoms with Gasteiger partial charge in [-0.3, -0.25) is 0 Å². The van der Waals surface area contributed by atoms with Crippen molar-refractivity contribution in [1.82, 2.24) is 10.3 Å². The lowest BCUT2D eigenvalue weighted by molar-refractivity contribution is 0.282. The fourth-order valence-corrected chi connectivity index (χ4v) is 3.07. The van der Waals surface area contributed by atoms with Gasteiger partial charge >= 0.3 is 0 Å². The zero-order chi connectivity index (χ0) is 17.9. The van der Waals surface area contributed by atoms with Gasteiger partial charge in [-0.05, 0) is 50.6 Å². The highest BCUT2D eigenvalue weighted by Gasteiger charge is 2.08. The third kappa shape index (κ3) is 6.46. The number of rotatable bonds is 12. The number of aliphatic hydroxyl groups is 1. The first-order valence-electron chi connectivity index (χ1n) is 9.28. The number of halogens is 1. The second-order valence-electron chi connectivity index (χ2n) is 6.20. The van der Waals surface area contributed by atoms with E-state index in [4.69, 9.17) is 26.4 Å². The van der Waals surface area contributed by atoms with Gasteiger partial charge in [0, 0.05) is 18.5 Å². The molecule has 0 aliphatic carbocycles. The zero-order valence-electron chi connectivity index (χ0n) is 15.1. The van der Waals surface area contributed by atoms with Crippen LogP contribution in [-0.4, -0.2) is 29.8 Å². The Balaban J connectivity index is 1.80. The number of aliphatic hydroxyl groups excluding tert-OH is 1. The summed E-state index contributed by atoms with van der Waals surface area (Å²) in [7, 11) is 0. The lowest BCUT2D eigenvalue weighted by Gasteiger charge is -2.10. The molecule has 0 saturated carbocycles. The van der Waals surface area contributed by atoms with E-state index >= 15 is 0 Å². The van der Waals surface area contributed by atoms with Gasteiger partial charge in [0.1, 0.15) is 11.3 Å². The van der Waals surface area contributed by atoms with Gasteiger partial charge in [-0.1, -0.05) is 37.3 Å². The van der Waals surface area contributed by atoms with Crippen molar-refractivity contribution in [2.24, 2.45) is 0 Å². The zero-order valence-corrected chi connectivity index (χ0v) is 15.8. The van der Waals surface area contributed by atoms with Crippen LogP contribution >= 0.6 is 11.6 Å². The van der Waals surface area contributed by atoms with Crippen LogP contribution in [0, 0.1) is 0 Å². The lowest BCUT2D eigenvalue weighted by Crippen LogP contribution is -2.15. The molecule has 0 atom stereocenters. The number of ether oxygens (including phenoxy) is 1. The topological polar surface area (TPSA) is 54.4 Å². The van der Waals surface area contributed by atoms with E-state index in [1.54, 1.807) is 0 Å². The van der Waals surface area contributed by atoms with Crippen molar-refractivity contribution in [2.75, 3.05) is 19.8 Å². The SMILES string of the molecule is CCOc1ccc(Cl)c2ccc(CNCCCCCCCCO)nc12. The average molecular weight is 365 g/mol. The minimum Gasteiger partial charge on any atom is -0.492 e. The van der Waals surface area contributed by atoms with Gasteiger partial charge in [0.25, 0.3) is 0 Å². The molecule has 1 aromatic carbocycles. The quantitative estimate of drug-likeness (QED) is 0.535. The fraction of sp³-hybridized carbons (Fsp3) is 0.550. The van der Waals surface area contributed by atoms with Crippen molar-refractivity contribution in [2.45, 2.75) is 52.0 Å². The molecule has 25 heavy (non-hydrogen) atoms. The van der Waals surface area contributed by atoms with Crippen LogP contribution in [-0.2, 0) is 6.54 Å². The monoisotopic (exact) mass is 364 g/mol. The molecule has 0 unspecified atom stereocenters. The summed E-state index contributed by atoms with van der Waals surface area (Å²) in [5, 5.41) is 13.8. The highest BCUT2D eigenvalue weighted by Crippen LogP contribution is 2.30. The van der Waals surface area contributed by atoms with E-state index in [1.165, 1.54) is 25.7 Å². The highest BCUT2D eigenvalue weighted by molar-refractivity contribution is 6.35. The average Bonchev–Trinajstić information content (AvgIpc) is 2.63. The Kier molecular flexibility index (Phi) is 9.02. The molecular formula is C20H29ClN2O2. The molecule has 0 amide bonds. The summed E-state index contributed by atoms with van der Waals surface area (Å²) < 4.78 is 5.67. The van der Waals surface area contributed by atoms with Crippen molar-refractivity contribution >= 4 is 22.5 Å². The molecular weight excluding hydrogens is 336 g/mol. The molecule has 0 aliphatic rings. The first-order valence-corrected chi connectivity index (χ1v) is 9.66. The van der Waals surface area contributed by atoms with Crippen molar-refractivity contribution in [3.05, 3.63) is 35.0 Å². The number of hydrogen-bond donors (Lipinski definition) is 2. The first kappa shape index (κ1) is 20.0. The molecule has 0 fully saturated rings. The highest BCUT2D eigenvalue weighted by atomic mass is 35.5. The van der Waals surface area contributed by atoms with E-state index in [2.05, 4.69) is 5.32 Å². The maximum Gasteiger partial charge on any atom is 0.145 e. The van der Waals surface area contributed by atoms with E-state index < -0.39 is 0 Å². The summed E-state index contributed by atoms with van der Waals surface area (Å²) in [6.07, 6.45) is 6.92. The van der Waals surface area contributed by atoms with Crippen molar-refractivity contribution in [3.63, 3.8) is 0 Å². The molecule has 138 valence electrons. The van der Waals surface area contributed by atoms with Crippen molar-refractivity contribution < 1.29 is 9.84 Å². The Morgan fingerprint density at radius 2 is 1.80 bits per heavy atom. The van der Waals surface area contributed by atoms with Crippen LogP contribution in [0.3, 0.4) is 0 Å². The van der Waals surface area contributed by atoms with E-state index in [-0.39, 0.29) is 0 Å². The van der Waals surface area contributed by atoms with Crippen LogP contribution in [0.2, 0.25) is 5.02 Å². The standard InChI is InChI=1S/C20H29ClN2O2/c1-2-25-19-12-11-18(21)17-10-9-16(23-20(17)19)15-22-13-7-5-3-4-6-8-14-24/h9-12,22,24H,2-8,13-15H2,1H3. The molecule has 0 bridgehead atoms. The summed E-state index contributed by atoms with van der Waals surface area (Å²) in [5.41, 5.74) is 1.83. The van der Waals surface area contributed by atoms with Gasteiger partial charge in [-0.2, -0.15) is 0 Å². The Bertz CT molecular complexity index is 649. The van der Waals surface area contributed by atoms with Crippen molar-refractivity contribution in [1.29, 1.82) is 0 Å². The van der Waals surface area contributed by atoms with Gasteiger partial charge < -0.3 is 15.2 Å². The Morgan fingerprint density at radius 3 is 2.56 bits per heavy atom. The summed E-state index contributed by atoms with van der Waals surface area (Å²) in [6.45, 7) is 4.64. The Labute approximate surface area is 155 Å². The summed E-state index contributed by atoms with van der Waals surface area (Å²) >= 11 is 6.26. The molecule has 0 saturated heterocycles. The van der Waals surface area contributed by atoms with Crippen LogP contribution in [0.1, 0.15) is 51.1 Å². The summed E-state index contributed by atoms with van der Waals surface area (Å²) in [6, 6.07) is 7.78. The number of nitrogens with zero attached hydrogens (tertiary/aromatic N) is 1. The number of fused-ring (bicyclic) bond motifs is 1. The lowest BCUT2D eigenvalue weighted by atomic mass is 10.1. The first-order chi connectivity index (χ1) is 12.3. The number of benzene rings is 1. The van der Waals surface area contributed by atoms with Gasteiger partial charge in [-0.25, -0.2) is 4.98 Å². The number of nitrogens with one attached hydrogen (secondary N) is 1. The van der Waals surface area contributed by atoms with Crippen LogP contribution in [0.25, 0.3) is 10.9 Å². The minimum atomic E-state index is 0.316. The van der Waals surface area contributed by atoms with Crippen LogP contribution < -0.4 is 10.1 Å². The number of unbranched alkanes of at least 4 members (excludes halogenated alkanes) is 5. The van der Waals surface area contributed by atoms with E-state index in [0.717, 1.165) is 48.3 Å². The molecule has 1 aromatic heterocycles. The molecule has 0 aliphatic heterocycles. The van der Waals surface area contributed by atoms with E-state index in [9.17, 15) is 0 Å². The van der Waals surface area contributed by atoms with Crippen LogP contribution in [0.15, 0.2) is 24.3 Å². The van der Waals surface area contributed by atoms with E-state index in [1.807, 2.05) is 31.2 Å². The Hall–Kier alpha value is -1.36. The number of aromatic nitrogens is 1. The number of pyridine rings is 1. The predicted octanol–water partition coefficient (Wildman–Crippen LogP) is 4.71. The molecule has 4 nitrogen and oxygen atoms in total.